The zero-order valence-corrected chi connectivity index (χ0v) is 8.72. The first kappa shape index (κ1) is 10.5. The number of anilines is 2. The minimum atomic E-state index is -0.431. The van der Waals surface area contributed by atoms with E-state index < -0.39 is 11.8 Å². The molecule has 4 N–H and O–H groups in total. The van der Waals surface area contributed by atoms with Gasteiger partial charge in [-0.05, 0) is 18.2 Å². The number of benzene rings is 1. The van der Waals surface area contributed by atoms with Crippen LogP contribution in [-0.2, 0) is 9.59 Å². The van der Waals surface area contributed by atoms with Crippen molar-refractivity contribution < 1.29 is 9.59 Å². The molecule has 1 aromatic carbocycles. The van der Waals surface area contributed by atoms with Crippen LogP contribution in [-0.4, -0.2) is 18.4 Å². The molecule has 5 nitrogen and oxygen atoms in total. The average Bonchev–Trinajstić information content (AvgIpc) is 2.60. The summed E-state index contributed by atoms with van der Waals surface area (Å²) in [5.74, 6) is -0.914. The highest BCUT2D eigenvalue weighted by atomic mass is 16.2. The molecule has 0 saturated carbocycles. The van der Waals surface area contributed by atoms with E-state index in [1.807, 2.05) is 0 Å². The standard InChI is InChI=1S/C11H13N3O2/c12-8-2-1-3-9(5-8)14-6-7(11(13)16)4-10(14)15/h1-3,5,7H,4,6,12H2,(H2,13,16)/t7-/m1/s1. The van der Waals surface area contributed by atoms with Crippen molar-refractivity contribution in [3.8, 4) is 0 Å². The first-order valence-corrected chi connectivity index (χ1v) is 5.03. The molecule has 5 heteroatoms. The van der Waals surface area contributed by atoms with Crippen molar-refractivity contribution in [3.05, 3.63) is 24.3 Å². The highest BCUT2D eigenvalue weighted by molar-refractivity contribution is 6.00. The Morgan fingerprint density at radius 2 is 2.19 bits per heavy atom. The van der Waals surface area contributed by atoms with E-state index in [1.165, 1.54) is 0 Å². The van der Waals surface area contributed by atoms with Crippen LogP contribution in [0.25, 0.3) is 0 Å². The number of primary amides is 1. The minimum Gasteiger partial charge on any atom is -0.399 e. The largest absolute Gasteiger partial charge is 0.399 e. The number of hydrogen-bond donors (Lipinski definition) is 2. The fourth-order valence-electron chi connectivity index (χ4n) is 1.84. The molecular formula is C11H13N3O2. The number of amides is 2. The van der Waals surface area contributed by atoms with Gasteiger partial charge in [0.1, 0.15) is 0 Å². The molecule has 1 fully saturated rings. The van der Waals surface area contributed by atoms with Gasteiger partial charge in [0.25, 0.3) is 0 Å². The predicted octanol–water partition coefficient (Wildman–Crippen LogP) is 0.107. The van der Waals surface area contributed by atoms with Crippen molar-refractivity contribution in [1.29, 1.82) is 0 Å². The highest BCUT2D eigenvalue weighted by Gasteiger charge is 2.33. The normalized spacial score (nSPS) is 20.1. The van der Waals surface area contributed by atoms with E-state index in [2.05, 4.69) is 0 Å². The molecule has 2 amide bonds. The minimum absolute atomic E-state index is 0.0885. The number of nitrogens with two attached hydrogens (primary N) is 2. The van der Waals surface area contributed by atoms with E-state index in [0.717, 1.165) is 0 Å². The van der Waals surface area contributed by atoms with Gasteiger partial charge in [0, 0.05) is 24.3 Å². The Kier molecular flexibility index (Phi) is 2.52. The van der Waals surface area contributed by atoms with Crippen LogP contribution in [0.5, 0.6) is 0 Å². The molecule has 16 heavy (non-hydrogen) atoms. The third kappa shape index (κ3) is 1.84. The van der Waals surface area contributed by atoms with Crippen molar-refractivity contribution in [3.63, 3.8) is 0 Å². The maximum Gasteiger partial charge on any atom is 0.227 e. The Balaban J connectivity index is 2.23. The lowest BCUT2D eigenvalue weighted by Gasteiger charge is -2.16. The summed E-state index contributed by atoms with van der Waals surface area (Å²) in [5.41, 5.74) is 12.1. The molecule has 1 aliphatic heterocycles. The van der Waals surface area contributed by atoms with Gasteiger partial charge < -0.3 is 16.4 Å². The van der Waals surface area contributed by atoms with Gasteiger partial charge in [0.2, 0.25) is 11.8 Å². The lowest BCUT2D eigenvalue weighted by Crippen LogP contribution is -2.28. The maximum atomic E-state index is 11.7. The predicted molar refractivity (Wildman–Crippen MR) is 60.5 cm³/mol. The summed E-state index contributed by atoms with van der Waals surface area (Å²) in [7, 11) is 0. The van der Waals surface area contributed by atoms with Crippen LogP contribution >= 0.6 is 0 Å². The maximum absolute atomic E-state index is 11.7. The molecule has 0 radical (unpaired) electrons. The zero-order valence-electron chi connectivity index (χ0n) is 8.72. The van der Waals surface area contributed by atoms with Crippen molar-refractivity contribution >= 4 is 23.2 Å². The lowest BCUT2D eigenvalue weighted by atomic mass is 10.1. The second kappa shape index (κ2) is 3.84. The van der Waals surface area contributed by atoms with Crippen LogP contribution in [0.4, 0.5) is 11.4 Å². The Bertz CT molecular complexity index is 445. The monoisotopic (exact) mass is 219 g/mol. The van der Waals surface area contributed by atoms with Crippen LogP contribution in [0.3, 0.4) is 0 Å². The average molecular weight is 219 g/mol. The van der Waals surface area contributed by atoms with Gasteiger partial charge in [0.15, 0.2) is 0 Å². The van der Waals surface area contributed by atoms with Crippen LogP contribution in [0.2, 0.25) is 0 Å². The first-order valence-electron chi connectivity index (χ1n) is 5.03. The van der Waals surface area contributed by atoms with Crippen molar-refractivity contribution in [2.75, 3.05) is 17.2 Å². The molecule has 1 aliphatic rings. The number of carbonyl (C=O) groups is 2. The Morgan fingerprint density at radius 1 is 1.44 bits per heavy atom. The second-order valence-corrected chi connectivity index (χ2v) is 3.90. The van der Waals surface area contributed by atoms with Crippen LogP contribution < -0.4 is 16.4 Å². The number of carbonyl (C=O) groups excluding carboxylic acids is 2. The lowest BCUT2D eigenvalue weighted by molar-refractivity contribution is -0.123. The summed E-state index contributed by atoms with van der Waals surface area (Å²) in [6.45, 7) is 0.345. The Labute approximate surface area is 93.0 Å². The second-order valence-electron chi connectivity index (χ2n) is 3.90. The molecule has 0 aliphatic carbocycles. The third-order valence-corrected chi connectivity index (χ3v) is 2.71. The van der Waals surface area contributed by atoms with Gasteiger partial charge in [-0.3, -0.25) is 9.59 Å². The fraction of sp³-hybridized carbons (Fsp3) is 0.273. The molecular weight excluding hydrogens is 206 g/mol. The highest BCUT2D eigenvalue weighted by Crippen LogP contribution is 2.25. The molecule has 0 spiro atoms. The van der Waals surface area contributed by atoms with Gasteiger partial charge in [-0.2, -0.15) is 0 Å². The number of rotatable bonds is 2. The van der Waals surface area contributed by atoms with Crippen molar-refractivity contribution in [2.45, 2.75) is 6.42 Å². The van der Waals surface area contributed by atoms with Gasteiger partial charge in [0.05, 0.1) is 5.92 Å². The van der Waals surface area contributed by atoms with E-state index in [4.69, 9.17) is 11.5 Å². The van der Waals surface area contributed by atoms with Gasteiger partial charge in [-0.25, -0.2) is 0 Å². The molecule has 1 saturated heterocycles. The molecule has 0 unspecified atom stereocenters. The molecule has 0 bridgehead atoms. The Hall–Kier alpha value is -2.04. The third-order valence-electron chi connectivity index (χ3n) is 2.71. The number of nitrogen functional groups attached to an aromatic ring is 1. The van der Waals surface area contributed by atoms with E-state index in [0.29, 0.717) is 17.9 Å². The summed E-state index contributed by atoms with van der Waals surface area (Å²) < 4.78 is 0. The number of nitrogens with zero attached hydrogens (tertiary/aromatic N) is 1. The quantitative estimate of drug-likeness (QED) is 0.691. The van der Waals surface area contributed by atoms with Gasteiger partial charge in [-0.1, -0.05) is 6.07 Å². The molecule has 1 aromatic rings. The van der Waals surface area contributed by atoms with Crippen LogP contribution in [0.1, 0.15) is 6.42 Å². The first-order chi connectivity index (χ1) is 7.58. The van der Waals surface area contributed by atoms with Gasteiger partial charge in [-0.15, -0.1) is 0 Å². The van der Waals surface area contributed by atoms with E-state index in [-0.39, 0.29) is 12.3 Å². The summed E-state index contributed by atoms with van der Waals surface area (Å²) in [5, 5.41) is 0. The number of hydrogen-bond acceptors (Lipinski definition) is 3. The van der Waals surface area contributed by atoms with E-state index >= 15 is 0 Å². The van der Waals surface area contributed by atoms with Gasteiger partial charge >= 0.3 is 0 Å². The zero-order chi connectivity index (χ0) is 11.7. The topological polar surface area (TPSA) is 89.4 Å². The van der Waals surface area contributed by atoms with Crippen LogP contribution in [0.15, 0.2) is 24.3 Å². The SMILES string of the molecule is NC(=O)[C@@H]1CC(=O)N(c2cccc(N)c2)C1. The molecule has 1 heterocycles. The van der Waals surface area contributed by atoms with E-state index in [9.17, 15) is 9.59 Å². The molecule has 1 atom stereocenters. The van der Waals surface area contributed by atoms with Crippen molar-refractivity contribution in [1.82, 2.24) is 0 Å². The fourth-order valence-corrected chi connectivity index (χ4v) is 1.84. The summed E-state index contributed by atoms with van der Waals surface area (Å²) in [6, 6.07) is 7.02. The summed E-state index contributed by atoms with van der Waals surface area (Å²) in [4.78, 5) is 24.2. The Morgan fingerprint density at radius 3 is 2.75 bits per heavy atom. The molecule has 2 rings (SSSR count). The van der Waals surface area contributed by atoms with Crippen LogP contribution in [0, 0.1) is 5.92 Å². The molecule has 84 valence electrons. The van der Waals surface area contributed by atoms with E-state index in [1.54, 1.807) is 29.2 Å². The van der Waals surface area contributed by atoms with Crippen molar-refractivity contribution in [2.24, 2.45) is 11.7 Å². The molecule has 0 aromatic heterocycles. The smallest absolute Gasteiger partial charge is 0.227 e. The summed E-state index contributed by atoms with van der Waals surface area (Å²) >= 11 is 0. The summed E-state index contributed by atoms with van der Waals surface area (Å²) in [6.07, 6.45) is 0.185.